The molecule has 2 atom stereocenters. The number of sulfonamides is 1. The summed E-state index contributed by atoms with van der Waals surface area (Å²) in [4.78, 5) is 0. The van der Waals surface area contributed by atoms with Gasteiger partial charge in [0, 0.05) is 13.1 Å². The zero-order valence-electron chi connectivity index (χ0n) is 11.3. The number of nitrogens with one attached hydrogen (secondary N) is 1. The van der Waals surface area contributed by atoms with Crippen LogP contribution in [0.4, 0.5) is 0 Å². The summed E-state index contributed by atoms with van der Waals surface area (Å²) in [6, 6.07) is 0. The minimum atomic E-state index is -3.03. The highest BCUT2D eigenvalue weighted by atomic mass is 32.2. The second-order valence-electron chi connectivity index (χ2n) is 5.12. The van der Waals surface area contributed by atoms with Gasteiger partial charge in [0.05, 0.1) is 5.75 Å². The van der Waals surface area contributed by atoms with Crippen LogP contribution in [0.1, 0.15) is 33.6 Å². The molecule has 2 unspecified atom stereocenters. The standard InChI is InChI=1S/C12H26N2O2S/c1-4-13-7-5-9-17(15,16)14-8-6-11(2)12(3)10-14/h11-13H,4-10H2,1-3H3. The Balaban J connectivity index is 2.42. The van der Waals surface area contributed by atoms with E-state index in [-0.39, 0.29) is 5.75 Å². The van der Waals surface area contributed by atoms with Gasteiger partial charge >= 0.3 is 0 Å². The van der Waals surface area contributed by atoms with Gasteiger partial charge < -0.3 is 5.32 Å². The Bertz CT molecular complexity index is 316. The van der Waals surface area contributed by atoms with Crippen molar-refractivity contribution >= 4 is 10.0 Å². The van der Waals surface area contributed by atoms with Crippen LogP contribution in [0.3, 0.4) is 0 Å². The van der Waals surface area contributed by atoms with Crippen molar-refractivity contribution in [3.05, 3.63) is 0 Å². The van der Waals surface area contributed by atoms with Gasteiger partial charge in [-0.05, 0) is 37.8 Å². The summed E-state index contributed by atoms with van der Waals surface area (Å²) in [7, 11) is -3.03. The van der Waals surface area contributed by atoms with Crippen LogP contribution in [0, 0.1) is 11.8 Å². The maximum absolute atomic E-state index is 12.1. The Morgan fingerprint density at radius 3 is 2.59 bits per heavy atom. The Morgan fingerprint density at radius 2 is 2.00 bits per heavy atom. The molecular weight excluding hydrogens is 236 g/mol. The van der Waals surface area contributed by atoms with Crippen molar-refractivity contribution in [2.45, 2.75) is 33.6 Å². The van der Waals surface area contributed by atoms with Crippen LogP contribution in [0.15, 0.2) is 0 Å². The van der Waals surface area contributed by atoms with Gasteiger partial charge in [0.2, 0.25) is 10.0 Å². The van der Waals surface area contributed by atoms with Crippen molar-refractivity contribution in [1.82, 2.24) is 9.62 Å². The van der Waals surface area contributed by atoms with E-state index in [1.807, 2.05) is 6.92 Å². The third-order valence-corrected chi connectivity index (χ3v) is 5.62. The van der Waals surface area contributed by atoms with E-state index in [4.69, 9.17) is 0 Å². The molecule has 1 N–H and O–H groups in total. The highest BCUT2D eigenvalue weighted by Crippen LogP contribution is 2.24. The van der Waals surface area contributed by atoms with Crippen LogP contribution >= 0.6 is 0 Å². The SMILES string of the molecule is CCNCCCS(=O)(=O)N1CCC(C)C(C)C1. The fourth-order valence-corrected chi connectivity index (χ4v) is 3.78. The average Bonchev–Trinajstić information content (AvgIpc) is 2.28. The summed E-state index contributed by atoms with van der Waals surface area (Å²) in [5, 5.41) is 3.16. The monoisotopic (exact) mass is 262 g/mol. The smallest absolute Gasteiger partial charge is 0.214 e. The third-order valence-electron chi connectivity index (χ3n) is 3.70. The van der Waals surface area contributed by atoms with Crippen LogP contribution in [-0.2, 0) is 10.0 Å². The highest BCUT2D eigenvalue weighted by molar-refractivity contribution is 7.89. The van der Waals surface area contributed by atoms with Gasteiger partial charge in [0.15, 0.2) is 0 Å². The van der Waals surface area contributed by atoms with Gasteiger partial charge in [-0.15, -0.1) is 0 Å². The molecule has 1 fully saturated rings. The fraction of sp³-hybridized carbons (Fsp3) is 1.00. The van der Waals surface area contributed by atoms with Crippen molar-refractivity contribution in [2.75, 3.05) is 31.9 Å². The van der Waals surface area contributed by atoms with E-state index >= 15 is 0 Å². The normalized spacial score (nSPS) is 27.2. The molecule has 0 spiro atoms. The zero-order valence-corrected chi connectivity index (χ0v) is 12.1. The lowest BCUT2D eigenvalue weighted by atomic mass is 9.90. The van der Waals surface area contributed by atoms with Crippen molar-refractivity contribution in [1.29, 1.82) is 0 Å². The second-order valence-corrected chi connectivity index (χ2v) is 7.21. The van der Waals surface area contributed by atoms with Crippen LogP contribution < -0.4 is 5.32 Å². The molecule has 102 valence electrons. The quantitative estimate of drug-likeness (QED) is 0.734. The second kappa shape index (κ2) is 6.71. The largest absolute Gasteiger partial charge is 0.317 e. The van der Waals surface area contributed by atoms with Crippen molar-refractivity contribution in [3.8, 4) is 0 Å². The summed E-state index contributed by atoms with van der Waals surface area (Å²) in [5.41, 5.74) is 0. The van der Waals surface area contributed by atoms with E-state index in [9.17, 15) is 8.42 Å². The number of nitrogens with zero attached hydrogens (tertiary/aromatic N) is 1. The maximum Gasteiger partial charge on any atom is 0.214 e. The molecule has 1 saturated heterocycles. The lowest BCUT2D eigenvalue weighted by Gasteiger charge is -2.34. The number of hydrogen-bond donors (Lipinski definition) is 1. The Morgan fingerprint density at radius 1 is 1.29 bits per heavy atom. The van der Waals surface area contributed by atoms with Gasteiger partial charge in [0.1, 0.15) is 0 Å². The fourth-order valence-electron chi connectivity index (χ4n) is 2.16. The molecule has 0 aromatic carbocycles. The lowest BCUT2D eigenvalue weighted by Crippen LogP contribution is -2.43. The van der Waals surface area contributed by atoms with Crippen LogP contribution in [0.2, 0.25) is 0 Å². The van der Waals surface area contributed by atoms with Gasteiger partial charge in [-0.2, -0.15) is 0 Å². The Hall–Kier alpha value is -0.130. The molecule has 0 bridgehead atoms. The first-order valence-electron chi connectivity index (χ1n) is 6.66. The van der Waals surface area contributed by atoms with Gasteiger partial charge in [-0.3, -0.25) is 0 Å². The minimum absolute atomic E-state index is 0.279. The molecule has 4 nitrogen and oxygen atoms in total. The topological polar surface area (TPSA) is 49.4 Å². The number of rotatable bonds is 6. The van der Waals surface area contributed by atoms with Crippen LogP contribution in [-0.4, -0.2) is 44.7 Å². The van der Waals surface area contributed by atoms with Gasteiger partial charge in [0.25, 0.3) is 0 Å². The average molecular weight is 262 g/mol. The van der Waals surface area contributed by atoms with Crippen LogP contribution in [0.5, 0.6) is 0 Å². The molecule has 0 radical (unpaired) electrons. The minimum Gasteiger partial charge on any atom is -0.317 e. The van der Waals surface area contributed by atoms with E-state index in [0.29, 0.717) is 31.3 Å². The van der Waals surface area contributed by atoms with Crippen molar-refractivity contribution in [3.63, 3.8) is 0 Å². The Kier molecular flexibility index (Phi) is 5.89. The number of hydrogen-bond acceptors (Lipinski definition) is 3. The predicted octanol–water partition coefficient (Wildman–Crippen LogP) is 1.29. The molecule has 1 rings (SSSR count). The summed E-state index contributed by atoms with van der Waals surface area (Å²) >= 11 is 0. The first-order valence-corrected chi connectivity index (χ1v) is 8.26. The first kappa shape index (κ1) is 14.9. The van der Waals surface area contributed by atoms with E-state index in [0.717, 1.165) is 19.5 Å². The molecule has 0 amide bonds. The Labute approximate surface area is 106 Å². The molecule has 0 aliphatic carbocycles. The summed E-state index contributed by atoms with van der Waals surface area (Å²) < 4.78 is 25.9. The molecule has 17 heavy (non-hydrogen) atoms. The van der Waals surface area contributed by atoms with Crippen molar-refractivity contribution in [2.24, 2.45) is 11.8 Å². The summed E-state index contributed by atoms with van der Waals surface area (Å²) in [6.45, 7) is 9.47. The van der Waals surface area contributed by atoms with Crippen molar-refractivity contribution < 1.29 is 8.42 Å². The van der Waals surface area contributed by atoms with E-state index < -0.39 is 10.0 Å². The summed E-state index contributed by atoms with van der Waals surface area (Å²) in [5.74, 6) is 1.40. The highest BCUT2D eigenvalue weighted by Gasteiger charge is 2.29. The lowest BCUT2D eigenvalue weighted by molar-refractivity contribution is 0.212. The van der Waals surface area contributed by atoms with Crippen LogP contribution in [0.25, 0.3) is 0 Å². The maximum atomic E-state index is 12.1. The molecule has 0 aromatic rings. The summed E-state index contributed by atoms with van der Waals surface area (Å²) in [6.07, 6.45) is 1.70. The predicted molar refractivity (Wildman–Crippen MR) is 71.5 cm³/mol. The zero-order chi connectivity index (χ0) is 12.9. The molecule has 1 aliphatic rings. The number of piperidine rings is 1. The van der Waals surface area contributed by atoms with E-state index in [1.54, 1.807) is 4.31 Å². The first-order chi connectivity index (χ1) is 7.97. The molecule has 1 aliphatic heterocycles. The van der Waals surface area contributed by atoms with E-state index in [2.05, 4.69) is 19.2 Å². The molecule has 1 heterocycles. The molecular formula is C12H26N2O2S. The van der Waals surface area contributed by atoms with E-state index in [1.165, 1.54) is 0 Å². The molecule has 0 aromatic heterocycles. The molecule has 5 heteroatoms. The van der Waals surface area contributed by atoms with Gasteiger partial charge in [-0.25, -0.2) is 12.7 Å². The molecule has 0 saturated carbocycles. The third kappa shape index (κ3) is 4.56. The van der Waals surface area contributed by atoms with Gasteiger partial charge in [-0.1, -0.05) is 20.8 Å².